The largest absolute Gasteiger partial charge is 0.491 e. The molecule has 244 valence electrons. The highest BCUT2D eigenvalue weighted by Crippen LogP contribution is 2.39. The third-order valence-corrected chi connectivity index (χ3v) is 9.72. The number of pyridine rings is 1. The van der Waals surface area contributed by atoms with Crippen molar-refractivity contribution in [3.63, 3.8) is 0 Å². The predicted octanol–water partition coefficient (Wildman–Crippen LogP) is 5.73. The van der Waals surface area contributed by atoms with Crippen LogP contribution in [-0.2, 0) is 24.1 Å². The van der Waals surface area contributed by atoms with Gasteiger partial charge < -0.3 is 14.6 Å². The van der Waals surface area contributed by atoms with Gasteiger partial charge in [-0.2, -0.15) is 13.2 Å². The van der Waals surface area contributed by atoms with Crippen molar-refractivity contribution in [2.75, 3.05) is 26.3 Å². The Bertz CT molecular complexity index is 1850. The molecular weight excluding hydrogens is 621 g/mol. The second-order valence-corrected chi connectivity index (χ2v) is 12.9. The number of benzene rings is 1. The van der Waals surface area contributed by atoms with Crippen LogP contribution in [0.25, 0.3) is 21.3 Å². The number of morpholine rings is 1. The highest BCUT2D eigenvalue weighted by molar-refractivity contribution is 7.18. The molecule has 13 heteroatoms. The van der Waals surface area contributed by atoms with E-state index >= 15 is 0 Å². The molecule has 0 amide bonds. The SMILES string of the molecule is Cc1ccc(OCCn2c(C)nc3c(c2=O)C[C@@H](N2CCO[C@H](CC(F)(F)F)C2)CC3)c(-c2cc(C)nc3c(C(=O)O)csc23)c1. The number of thiophene rings is 1. The average molecular weight is 657 g/mol. The van der Waals surface area contributed by atoms with Crippen LogP contribution in [0, 0.1) is 20.8 Å². The molecule has 0 spiro atoms. The number of nitrogens with zero attached hydrogens (tertiary/aromatic N) is 4. The maximum Gasteiger partial charge on any atom is 0.391 e. The van der Waals surface area contributed by atoms with Crippen LogP contribution in [0.4, 0.5) is 13.2 Å². The third kappa shape index (κ3) is 6.67. The zero-order chi connectivity index (χ0) is 32.7. The highest BCUT2D eigenvalue weighted by atomic mass is 32.1. The second-order valence-electron chi connectivity index (χ2n) is 12.0. The standard InChI is InChI=1S/C33H35F3N4O5S/c1-18-4-7-28(23(12-18)24-13-19(2)37-29-26(32(42)43)17-46-30(24)29)45-11-9-40-20(3)38-27-6-5-21(14-25(27)31(40)41)39-8-10-44-22(16-39)15-33(34,35)36/h4,7,12-13,17,21-22H,5-6,8-11,14-16H2,1-3H3,(H,42,43)/t21-,22+/m0/s1. The highest BCUT2D eigenvalue weighted by Gasteiger charge is 2.37. The molecule has 0 bridgehead atoms. The summed E-state index contributed by atoms with van der Waals surface area (Å²) in [5.41, 5.74) is 5.14. The summed E-state index contributed by atoms with van der Waals surface area (Å²) >= 11 is 1.32. The molecule has 1 aliphatic carbocycles. The van der Waals surface area contributed by atoms with E-state index in [-0.39, 0.29) is 43.5 Å². The number of aryl methyl sites for hydroxylation is 4. The molecule has 3 aromatic heterocycles. The molecule has 1 N–H and O–H groups in total. The number of alkyl halides is 3. The van der Waals surface area contributed by atoms with Gasteiger partial charge in [0.05, 0.1) is 47.2 Å². The van der Waals surface area contributed by atoms with Crippen LogP contribution < -0.4 is 10.3 Å². The zero-order valence-corrected chi connectivity index (χ0v) is 26.6. The Kier molecular flexibility index (Phi) is 8.92. The van der Waals surface area contributed by atoms with Crippen LogP contribution >= 0.6 is 11.3 Å². The number of carboxylic acids is 1. The number of hydrogen-bond acceptors (Lipinski definition) is 8. The van der Waals surface area contributed by atoms with Crippen LogP contribution in [0.5, 0.6) is 5.75 Å². The van der Waals surface area contributed by atoms with Crippen molar-refractivity contribution in [3.05, 3.63) is 73.9 Å². The molecular formula is C33H35F3N4O5S. The third-order valence-electron chi connectivity index (χ3n) is 8.72. The number of carbonyl (C=O) groups is 1. The molecule has 0 unspecified atom stereocenters. The van der Waals surface area contributed by atoms with E-state index in [0.29, 0.717) is 47.7 Å². The lowest BCUT2D eigenvalue weighted by Gasteiger charge is -2.40. The van der Waals surface area contributed by atoms with Crippen LogP contribution in [0.3, 0.4) is 0 Å². The first-order valence-electron chi connectivity index (χ1n) is 15.3. The van der Waals surface area contributed by atoms with Gasteiger partial charge in [0.15, 0.2) is 0 Å². The van der Waals surface area contributed by atoms with Gasteiger partial charge in [-0.1, -0.05) is 11.6 Å². The molecule has 0 saturated carbocycles. The topological polar surface area (TPSA) is 107 Å². The van der Waals surface area contributed by atoms with Crippen molar-refractivity contribution in [3.8, 4) is 16.9 Å². The van der Waals surface area contributed by atoms with E-state index in [0.717, 1.165) is 33.5 Å². The predicted molar refractivity (Wildman–Crippen MR) is 168 cm³/mol. The lowest BCUT2D eigenvalue weighted by molar-refractivity contribution is -0.172. The normalized spacial score (nSPS) is 18.9. The number of hydrogen-bond donors (Lipinski definition) is 1. The van der Waals surface area contributed by atoms with Gasteiger partial charge in [0.1, 0.15) is 18.2 Å². The number of aromatic nitrogens is 3. The Hall–Kier alpha value is -3.81. The van der Waals surface area contributed by atoms with E-state index in [9.17, 15) is 27.9 Å². The number of aromatic carboxylic acids is 1. The molecule has 2 aliphatic rings. The quantitative estimate of drug-likeness (QED) is 0.256. The van der Waals surface area contributed by atoms with E-state index < -0.39 is 24.7 Å². The first kappa shape index (κ1) is 32.1. The fourth-order valence-corrected chi connectivity index (χ4v) is 7.57. The summed E-state index contributed by atoms with van der Waals surface area (Å²) in [6, 6.07) is 7.67. The summed E-state index contributed by atoms with van der Waals surface area (Å²) in [5, 5.41) is 11.3. The van der Waals surface area contributed by atoms with Crippen LogP contribution in [0.1, 0.15) is 51.5 Å². The van der Waals surface area contributed by atoms with Gasteiger partial charge >= 0.3 is 12.1 Å². The first-order valence-corrected chi connectivity index (χ1v) is 16.1. The van der Waals surface area contributed by atoms with Gasteiger partial charge in [-0.3, -0.25) is 19.2 Å². The molecule has 1 aromatic carbocycles. The van der Waals surface area contributed by atoms with Crippen LogP contribution in [-0.4, -0.2) is 75.1 Å². The van der Waals surface area contributed by atoms with Crippen LogP contribution in [0.15, 0.2) is 34.4 Å². The van der Waals surface area contributed by atoms with Gasteiger partial charge in [0.2, 0.25) is 0 Å². The van der Waals surface area contributed by atoms with Crippen molar-refractivity contribution in [1.29, 1.82) is 0 Å². The molecule has 6 rings (SSSR count). The molecule has 0 radical (unpaired) electrons. The number of ether oxygens (including phenoxy) is 2. The number of carboxylic acid groups (broad SMARTS) is 1. The summed E-state index contributed by atoms with van der Waals surface area (Å²) < 4.78 is 53.0. The fourth-order valence-electron chi connectivity index (χ4n) is 6.56. The summed E-state index contributed by atoms with van der Waals surface area (Å²) in [5.74, 6) is 0.149. The number of halogens is 3. The molecule has 1 saturated heterocycles. The Labute approximate surface area is 267 Å². The van der Waals surface area contributed by atoms with Gasteiger partial charge in [0.25, 0.3) is 5.56 Å². The summed E-state index contributed by atoms with van der Waals surface area (Å²) in [6.07, 6.45) is -4.43. The lowest BCUT2D eigenvalue weighted by atomic mass is 9.90. The van der Waals surface area contributed by atoms with Crippen molar-refractivity contribution in [1.82, 2.24) is 19.4 Å². The van der Waals surface area contributed by atoms with E-state index in [4.69, 9.17) is 14.5 Å². The average Bonchev–Trinajstić information content (AvgIpc) is 3.42. The van der Waals surface area contributed by atoms with Crippen molar-refractivity contribution < 1.29 is 32.5 Å². The summed E-state index contributed by atoms with van der Waals surface area (Å²) in [4.78, 5) is 36.8. The first-order chi connectivity index (χ1) is 21.9. The maximum atomic E-state index is 13.8. The van der Waals surface area contributed by atoms with E-state index in [1.165, 1.54) is 11.3 Å². The molecule has 1 fully saturated rings. The van der Waals surface area contributed by atoms with Crippen molar-refractivity contribution in [2.24, 2.45) is 0 Å². The molecule has 9 nitrogen and oxygen atoms in total. The molecule has 46 heavy (non-hydrogen) atoms. The van der Waals surface area contributed by atoms with E-state index in [1.807, 2.05) is 43.0 Å². The van der Waals surface area contributed by atoms with Gasteiger partial charge in [0, 0.05) is 46.9 Å². The summed E-state index contributed by atoms with van der Waals surface area (Å²) in [6.45, 7) is 6.97. The minimum atomic E-state index is -4.29. The lowest BCUT2D eigenvalue weighted by Crippen LogP contribution is -2.51. The Morgan fingerprint density at radius 2 is 1.98 bits per heavy atom. The minimum absolute atomic E-state index is 0.0521. The minimum Gasteiger partial charge on any atom is -0.491 e. The zero-order valence-electron chi connectivity index (χ0n) is 25.8. The van der Waals surface area contributed by atoms with Crippen molar-refractivity contribution >= 4 is 27.5 Å². The smallest absolute Gasteiger partial charge is 0.391 e. The van der Waals surface area contributed by atoms with E-state index in [1.54, 1.807) is 16.9 Å². The molecule has 4 aromatic rings. The van der Waals surface area contributed by atoms with Crippen molar-refractivity contribution in [2.45, 2.75) is 71.3 Å². The van der Waals surface area contributed by atoms with Gasteiger partial charge in [-0.15, -0.1) is 11.3 Å². The Balaban J connectivity index is 1.21. The maximum absolute atomic E-state index is 13.8. The molecule has 4 heterocycles. The number of fused-ring (bicyclic) bond motifs is 2. The number of rotatable bonds is 8. The molecule has 1 aliphatic heterocycles. The second kappa shape index (κ2) is 12.8. The Morgan fingerprint density at radius 1 is 1.17 bits per heavy atom. The molecule has 2 atom stereocenters. The van der Waals surface area contributed by atoms with Crippen LogP contribution in [0.2, 0.25) is 0 Å². The van der Waals surface area contributed by atoms with E-state index in [2.05, 4.69) is 4.98 Å². The Morgan fingerprint density at radius 3 is 2.74 bits per heavy atom. The van der Waals surface area contributed by atoms with Gasteiger partial charge in [-0.25, -0.2) is 9.78 Å². The summed E-state index contributed by atoms with van der Waals surface area (Å²) in [7, 11) is 0. The van der Waals surface area contributed by atoms with Gasteiger partial charge in [-0.05, 0) is 58.2 Å². The monoisotopic (exact) mass is 656 g/mol. The fraction of sp³-hybridized carbons (Fsp3) is 0.455.